The number of fused-ring (bicyclic) bond motifs is 1. The van der Waals surface area contributed by atoms with Gasteiger partial charge in [0, 0.05) is 99.6 Å². The Labute approximate surface area is 515 Å². The maximum Gasteiger partial charge on any atom is 0.410 e. The van der Waals surface area contributed by atoms with Crippen molar-refractivity contribution >= 4 is 65.4 Å². The molecule has 484 valence electrons. The zero-order chi connectivity index (χ0) is 64.6. The zero-order valence-corrected chi connectivity index (χ0v) is 52.5. The molecule has 0 saturated heterocycles. The molecule has 8 amide bonds. The molecular weight excluding hydrogens is 1140 g/mol. The number of esters is 1. The van der Waals surface area contributed by atoms with Crippen molar-refractivity contribution in [2.24, 2.45) is 28.4 Å². The number of ether oxygens (including phenoxy) is 7. The van der Waals surface area contributed by atoms with Crippen molar-refractivity contribution in [2.45, 2.75) is 118 Å². The average Bonchev–Trinajstić information content (AvgIpc) is 1.59. The summed E-state index contributed by atoms with van der Waals surface area (Å²) >= 11 is 0. The molecule has 88 heavy (non-hydrogen) atoms. The Hall–Kier alpha value is -7.74. The molecule has 25 heteroatoms. The number of carbonyl (C=O) groups excluding carboxylic acids is 9. The maximum absolute atomic E-state index is 13.7. The van der Waals surface area contributed by atoms with E-state index in [0.29, 0.717) is 74.8 Å². The van der Waals surface area contributed by atoms with E-state index >= 15 is 0 Å². The zero-order valence-electron chi connectivity index (χ0n) is 52.5. The van der Waals surface area contributed by atoms with Crippen molar-refractivity contribution < 1.29 is 76.3 Å². The number of hydrogen-bond donors (Lipinski definition) is 6. The molecule has 1 fully saturated rings. The number of hydrogen-bond acceptors (Lipinski definition) is 17. The number of Topliss-reactive ketones (excluding diaryl/α,β-unsaturated/α-hetero) is 1. The van der Waals surface area contributed by atoms with Crippen molar-refractivity contribution in [2.75, 3.05) is 105 Å². The minimum absolute atomic E-state index is 0.0115. The number of likely N-dealkylation sites (N-methyl/N-ethyl adjacent to an activating group) is 2. The van der Waals surface area contributed by atoms with Gasteiger partial charge >= 0.3 is 24.2 Å². The number of aryl methyl sites for hydroxylation is 2. The van der Waals surface area contributed by atoms with Crippen molar-refractivity contribution in [3.05, 3.63) is 88.3 Å². The number of primary amides is 1. The van der Waals surface area contributed by atoms with E-state index in [1.807, 2.05) is 32.9 Å². The highest BCUT2D eigenvalue weighted by Gasteiger charge is 2.60. The van der Waals surface area contributed by atoms with E-state index in [4.69, 9.17) is 38.9 Å². The second-order valence-electron chi connectivity index (χ2n) is 23.0. The first kappa shape index (κ1) is 71.0. The first-order valence-electron chi connectivity index (χ1n) is 30.0. The van der Waals surface area contributed by atoms with E-state index in [2.05, 4.69) is 38.1 Å². The number of carbonyl (C=O) groups is 9. The number of nitrogens with zero attached hydrogens (tertiary/aromatic N) is 3. The maximum atomic E-state index is 13.7. The summed E-state index contributed by atoms with van der Waals surface area (Å²) < 4.78 is 39.3. The molecule has 1 spiro atoms. The van der Waals surface area contributed by atoms with Gasteiger partial charge in [-0.2, -0.15) is 0 Å². The van der Waals surface area contributed by atoms with Gasteiger partial charge in [0.05, 0.1) is 58.3 Å². The van der Waals surface area contributed by atoms with Crippen LogP contribution in [0.2, 0.25) is 0 Å². The van der Waals surface area contributed by atoms with Crippen LogP contribution in [0.15, 0.2) is 65.8 Å². The number of rotatable bonds is 37. The molecule has 2 aromatic rings. The van der Waals surface area contributed by atoms with E-state index in [0.717, 1.165) is 35.4 Å². The van der Waals surface area contributed by atoms with Gasteiger partial charge < -0.3 is 75.3 Å². The molecular formula is C63H91N9O16. The van der Waals surface area contributed by atoms with Crippen molar-refractivity contribution in [1.82, 2.24) is 36.1 Å². The van der Waals surface area contributed by atoms with E-state index in [-0.39, 0.29) is 101 Å². The molecule has 3 aliphatic carbocycles. The van der Waals surface area contributed by atoms with Crippen LogP contribution in [0.5, 0.6) is 0 Å². The summed E-state index contributed by atoms with van der Waals surface area (Å²) in [4.78, 5) is 123. The Morgan fingerprint density at radius 2 is 1.42 bits per heavy atom. The molecule has 0 bridgehead atoms. The van der Waals surface area contributed by atoms with Crippen LogP contribution in [0.1, 0.15) is 103 Å². The number of ketones is 1. The third-order valence-electron chi connectivity index (χ3n) is 15.7. The quantitative estimate of drug-likeness (QED) is 0.0292. The average molecular weight is 1230 g/mol. The summed E-state index contributed by atoms with van der Waals surface area (Å²) in [6, 6.07) is 7.53. The molecule has 5 rings (SSSR count). The summed E-state index contributed by atoms with van der Waals surface area (Å²) in [5.74, 6) is -2.76. The molecule has 1 saturated carbocycles. The van der Waals surface area contributed by atoms with Crippen LogP contribution in [-0.2, 0) is 75.0 Å². The lowest BCUT2D eigenvalue weighted by Gasteiger charge is -2.36. The summed E-state index contributed by atoms with van der Waals surface area (Å²) in [6.07, 6.45) is 4.24. The van der Waals surface area contributed by atoms with Gasteiger partial charge in [-0.25, -0.2) is 14.4 Å². The van der Waals surface area contributed by atoms with Crippen LogP contribution in [-0.4, -0.2) is 186 Å². The van der Waals surface area contributed by atoms with Crippen molar-refractivity contribution in [3.63, 3.8) is 0 Å². The predicted octanol–water partition coefficient (Wildman–Crippen LogP) is 5.08. The van der Waals surface area contributed by atoms with Crippen LogP contribution in [0.3, 0.4) is 0 Å². The van der Waals surface area contributed by atoms with E-state index in [1.54, 1.807) is 57.2 Å². The summed E-state index contributed by atoms with van der Waals surface area (Å²) in [5, 5.41) is 13.6. The van der Waals surface area contributed by atoms with Gasteiger partial charge in [0.25, 0.3) is 0 Å². The lowest BCUT2D eigenvalue weighted by Crippen LogP contribution is -2.54. The van der Waals surface area contributed by atoms with Crippen molar-refractivity contribution in [3.8, 4) is 0 Å². The second-order valence-corrected chi connectivity index (χ2v) is 23.0. The molecule has 5 atom stereocenters. The van der Waals surface area contributed by atoms with Gasteiger partial charge in [0.1, 0.15) is 31.4 Å². The van der Waals surface area contributed by atoms with Crippen LogP contribution >= 0.6 is 0 Å². The lowest BCUT2D eigenvalue weighted by atomic mass is 9.70. The highest BCUT2D eigenvalue weighted by molar-refractivity contribution is 6.05. The summed E-state index contributed by atoms with van der Waals surface area (Å²) in [6.45, 7) is 19.0. The standard InChI is InChI=1S/C63H91N9O16/c1-11-45-35-41(4)67-48(36-45)18-19-51(74)65-24-28-83-30-32-85-34-33-84-31-29-82-27-20-52(75)70-54(40(2)3)58(78)69-50(13-12-23-66-59(64)79)57(77)68-47-16-14-46(15-17-47)38-86-60(80)71(9)25-26-72(10)61(81)88-56-53-42(5)63(21-22-63)43(6)55(76)49(53)37-62(56,8)39-87-44(7)73/h11,14-17,35-37,40,43,50,54,56H,1,12-13,18-34,38-39H2,2-10H3,(H,65,74)(H,68,77)(H,69,78)(H,70,75)(H3,64,66,79)/t43-,50+,54+,56?,62+/m1/s1. The SMILES string of the molecule is C=Cc1cc(C)nc(CCC(=O)NCCOCCOCCOCCOCCC(=O)N[C@H](C(=O)N[C@@H](CCCNC(N)=O)C(=O)Nc2ccc(COC(=O)N(C)CCN(C)C(=O)OC3C4=C(C)C5(CC5)[C@H](C)C(=O)C4=C[C@@]3(C)COC(C)=O)cc2)C(C)C)c1. The highest BCUT2D eigenvalue weighted by atomic mass is 16.6. The lowest BCUT2D eigenvalue weighted by molar-refractivity contribution is -0.144. The van der Waals surface area contributed by atoms with Gasteiger partial charge in [-0.1, -0.05) is 57.2 Å². The Balaban J connectivity index is 0.971. The van der Waals surface area contributed by atoms with Gasteiger partial charge in [0.15, 0.2) is 5.78 Å². The van der Waals surface area contributed by atoms with Gasteiger partial charge in [-0.3, -0.25) is 33.8 Å². The molecule has 1 aromatic heterocycles. The smallest absolute Gasteiger partial charge is 0.410 e. The van der Waals surface area contributed by atoms with E-state index < -0.39 is 65.5 Å². The molecule has 25 nitrogen and oxygen atoms in total. The molecule has 0 aliphatic heterocycles. The fourth-order valence-electron chi connectivity index (χ4n) is 10.3. The van der Waals surface area contributed by atoms with Crippen molar-refractivity contribution in [1.29, 1.82) is 0 Å². The van der Waals surface area contributed by atoms with E-state index in [9.17, 15) is 43.2 Å². The van der Waals surface area contributed by atoms with Gasteiger partial charge in [-0.05, 0) is 94.2 Å². The number of nitrogens with two attached hydrogens (primary N) is 1. The number of pyridine rings is 1. The minimum Gasteiger partial charge on any atom is -0.465 e. The Morgan fingerprint density at radius 1 is 0.795 bits per heavy atom. The number of nitrogens with one attached hydrogen (secondary N) is 5. The molecule has 1 unspecified atom stereocenters. The number of urea groups is 1. The van der Waals surface area contributed by atoms with Gasteiger partial charge in [0.2, 0.25) is 23.6 Å². The predicted molar refractivity (Wildman–Crippen MR) is 326 cm³/mol. The molecule has 7 N–H and O–H groups in total. The third kappa shape index (κ3) is 21.8. The molecule has 1 heterocycles. The number of anilines is 1. The fourth-order valence-corrected chi connectivity index (χ4v) is 10.3. The summed E-state index contributed by atoms with van der Waals surface area (Å²) in [7, 11) is 3.06. The van der Waals surface area contributed by atoms with Crippen LogP contribution in [0.25, 0.3) is 6.08 Å². The van der Waals surface area contributed by atoms with Crippen LogP contribution < -0.4 is 32.3 Å². The van der Waals surface area contributed by atoms with Gasteiger partial charge in [-0.15, -0.1) is 0 Å². The number of allylic oxidation sites excluding steroid dienone is 1. The Bertz CT molecular complexity index is 2840. The molecule has 3 aliphatic rings. The minimum atomic E-state index is -1.08. The first-order valence-corrected chi connectivity index (χ1v) is 30.0. The third-order valence-corrected chi connectivity index (χ3v) is 15.7. The number of amides is 8. The fraction of sp³-hybridized carbons (Fsp3) is 0.587. The van der Waals surface area contributed by atoms with E-state index in [1.165, 1.54) is 30.8 Å². The largest absolute Gasteiger partial charge is 0.465 e. The Kier molecular flexibility index (Phi) is 28.0. The Morgan fingerprint density at radius 3 is 2.02 bits per heavy atom. The number of benzene rings is 1. The normalized spacial score (nSPS) is 17.8. The highest BCUT2D eigenvalue weighted by Crippen LogP contribution is 2.64. The monoisotopic (exact) mass is 1230 g/mol. The van der Waals surface area contributed by atoms with Crippen LogP contribution in [0.4, 0.5) is 20.1 Å². The van der Waals surface area contributed by atoms with Crippen LogP contribution in [0, 0.1) is 29.6 Å². The topological polar surface area (TPSA) is 324 Å². The first-order chi connectivity index (χ1) is 41.9. The second kappa shape index (κ2) is 34.7. The summed E-state index contributed by atoms with van der Waals surface area (Å²) in [5.41, 5.74) is 9.84. The number of aromatic nitrogens is 1. The molecule has 1 aromatic carbocycles. The molecule has 0 radical (unpaired) electrons.